The number of unbranched alkanes of at least 4 members (excludes halogenated alkanes) is 1. The van der Waals surface area contributed by atoms with Gasteiger partial charge in [-0.1, -0.05) is 19.4 Å². The van der Waals surface area contributed by atoms with E-state index in [9.17, 15) is 5.11 Å². The number of benzene rings is 1. The smallest absolute Gasteiger partial charge is 0.161 e. The van der Waals surface area contributed by atoms with Crippen molar-refractivity contribution in [3.05, 3.63) is 23.8 Å². The second kappa shape index (κ2) is 7.50. The molecule has 0 fully saturated rings. The molecule has 0 aliphatic carbocycles. The molecule has 0 radical (unpaired) electrons. The Hall–Kier alpha value is -1.26. The average Bonchev–Trinajstić information content (AvgIpc) is 2.37. The maximum Gasteiger partial charge on any atom is 0.161 e. The fourth-order valence-corrected chi connectivity index (χ4v) is 1.79. The Kier molecular flexibility index (Phi) is 6.30. The van der Waals surface area contributed by atoms with E-state index < -0.39 is 6.23 Å². The normalized spacial score (nSPS) is 13.1. The molecule has 0 aliphatic heterocycles. The van der Waals surface area contributed by atoms with Gasteiger partial charge in [0.05, 0.1) is 13.7 Å². The number of aliphatic hydroxyl groups is 1. The molecular weight excluding hydrogens is 254 g/mol. The van der Waals surface area contributed by atoms with E-state index in [0.29, 0.717) is 18.1 Å². The van der Waals surface area contributed by atoms with Crippen LogP contribution in [0.15, 0.2) is 18.2 Å². The molecule has 1 unspecified atom stereocenters. The Bertz CT molecular complexity index is 413. The molecule has 114 valence electrons. The van der Waals surface area contributed by atoms with Crippen molar-refractivity contribution in [3.8, 4) is 11.5 Å². The number of rotatable bonds is 7. The summed E-state index contributed by atoms with van der Waals surface area (Å²) in [5, 5.41) is 13.3. The van der Waals surface area contributed by atoms with Crippen LogP contribution in [0.3, 0.4) is 0 Å². The zero-order chi connectivity index (χ0) is 15.2. The fourth-order valence-electron chi connectivity index (χ4n) is 1.79. The third-order valence-electron chi connectivity index (χ3n) is 2.83. The van der Waals surface area contributed by atoms with Crippen molar-refractivity contribution in [1.82, 2.24) is 5.32 Å². The summed E-state index contributed by atoms with van der Waals surface area (Å²) in [6, 6.07) is 5.51. The maximum absolute atomic E-state index is 10.2. The molecule has 0 spiro atoms. The van der Waals surface area contributed by atoms with Crippen LogP contribution < -0.4 is 14.8 Å². The highest BCUT2D eigenvalue weighted by Gasteiger charge is 2.18. The van der Waals surface area contributed by atoms with Gasteiger partial charge in [-0.15, -0.1) is 0 Å². The molecule has 0 heterocycles. The summed E-state index contributed by atoms with van der Waals surface area (Å²) in [4.78, 5) is 0. The van der Waals surface area contributed by atoms with Crippen molar-refractivity contribution in [2.75, 3.05) is 13.7 Å². The first-order chi connectivity index (χ1) is 9.37. The van der Waals surface area contributed by atoms with Crippen LogP contribution in [0.4, 0.5) is 0 Å². The van der Waals surface area contributed by atoms with Crippen molar-refractivity contribution >= 4 is 0 Å². The van der Waals surface area contributed by atoms with Crippen LogP contribution in [0.25, 0.3) is 0 Å². The molecular formula is C16H27NO3. The van der Waals surface area contributed by atoms with Crippen LogP contribution in [0.1, 0.15) is 52.3 Å². The van der Waals surface area contributed by atoms with Gasteiger partial charge in [0.1, 0.15) is 6.23 Å². The largest absolute Gasteiger partial charge is 0.493 e. The Morgan fingerprint density at radius 3 is 2.50 bits per heavy atom. The van der Waals surface area contributed by atoms with Crippen LogP contribution in [0.2, 0.25) is 0 Å². The minimum atomic E-state index is -0.728. The summed E-state index contributed by atoms with van der Waals surface area (Å²) in [6.45, 7) is 8.83. The maximum atomic E-state index is 10.2. The second-order valence-electron chi connectivity index (χ2n) is 5.91. The van der Waals surface area contributed by atoms with Gasteiger partial charge in [0, 0.05) is 5.54 Å². The number of aliphatic hydroxyl groups excluding tert-OH is 1. The van der Waals surface area contributed by atoms with Crippen LogP contribution >= 0.6 is 0 Å². The summed E-state index contributed by atoms with van der Waals surface area (Å²) in [7, 11) is 1.61. The molecule has 1 rings (SSSR count). The Morgan fingerprint density at radius 2 is 1.95 bits per heavy atom. The van der Waals surface area contributed by atoms with E-state index in [1.165, 1.54) is 0 Å². The molecule has 0 amide bonds. The molecule has 0 aliphatic rings. The van der Waals surface area contributed by atoms with E-state index in [0.717, 1.165) is 18.4 Å². The van der Waals surface area contributed by atoms with Crippen molar-refractivity contribution in [1.29, 1.82) is 0 Å². The fraction of sp³-hybridized carbons (Fsp3) is 0.625. The predicted octanol–water partition coefficient (Wildman–Crippen LogP) is 3.25. The Morgan fingerprint density at radius 1 is 1.25 bits per heavy atom. The minimum absolute atomic E-state index is 0.164. The van der Waals surface area contributed by atoms with E-state index in [4.69, 9.17) is 9.47 Å². The highest BCUT2D eigenvalue weighted by Crippen LogP contribution is 2.30. The summed E-state index contributed by atoms with van der Waals surface area (Å²) >= 11 is 0. The van der Waals surface area contributed by atoms with Gasteiger partial charge < -0.3 is 14.6 Å². The molecule has 0 bridgehead atoms. The summed E-state index contributed by atoms with van der Waals surface area (Å²) < 4.78 is 11.0. The lowest BCUT2D eigenvalue weighted by Gasteiger charge is -2.25. The van der Waals surface area contributed by atoms with Gasteiger partial charge in [-0.2, -0.15) is 0 Å². The van der Waals surface area contributed by atoms with Crippen molar-refractivity contribution < 1.29 is 14.6 Å². The monoisotopic (exact) mass is 281 g/mol. The zero-order valence-electron chi connectivity index (χ0n) is 13.2. The van der Waals surface area contributed by atoms with Gasteiger partial charge in [0.25, 0.3) is 0 Å². The van der Waals surface area contributed by atoms with Crippen LogP contribution in [-0.2, 0) is 0 Å². The lowest BCUT2D eigenvalue weighted by molar-refractivity contribution is 0.106. The van der Waals surface area contributed by atoms with E-state index >= 15 is 0 Å². The van der Waals surface area contributed by atoms with E-state index in [2.05, 4.69) is 12.2 Å². The molecule has 0 aromatic heterocycles. The molecule has 20 heavy (non-hydrogen) atoms. The lowest BCUT2D eigenvalue weighted by atomic mass is 10.1. The topological polar surface area (TPSA) is 50.7 Å². The van der Waals surface area contributed by atoms with Crippen molar-refractivity contribution in [2.45, 2.75) is 52.3 Å². The molecule has 1 aromatic rings. The molecule has 0 saturated heterocycles. The van der Waals surface area contributed by atoms with E-state index in [1.807, 2.05) is 39.0 Å². The molecule has 1 atom stereocenters. The number of hydrogen-bond donors (Lipinski definition) is 2. The number of nitrogens with one attached hydrogen (secondary N) is 1. The minimum Gasteiger partial charge on any atom is -0.493 e. The standard InChI is InChI=1S/C16H27NO3/c1-6-7-10-20-13-9-8-12(11-14(13)19-5)15(18)17-16(2,3)4/h8-9,11,15,17-18H,6-7,10H2,1-5H3. The summed E-state index contributed by atoms with van der Waals surface area (Å²) in [5.41, 5.74) is 0.600. The highest BCUT2D eigenvalue weighted by atomic mass is 16.5. The van der Waals surface area contributed by atoms with Gasteiger partial charge in [-0.05, 0) is 44.9 Å². The SMILES string of the molecule is CCCCOc1ccc(C(O)NC(C)(C)C)cc1OC. The number of ether oxygens (including phenoxy) is 2. The molecule has 0 saturated carbocycles. The highest BCUT2D eigenvalue weighted by molar-refractivity contribution is 5.43. The third-order valence-corrected chi connectivity index (χ3v) is 2.83. The van der Waals surface area contributed by atoms with Gasteiger partial charge in [0.15, 0.2) is 11.5 Å². The number of hydrogen-bond acceptors (Lipinski definition) is 4. The lowest BCUT2D eigenvalue weighted by Crippen LogP contribution is -2.38. The Balaban J connectivity index is 2.80. The van der Waals surface area contributed by atoms with Gasteiger partial charge >= 0.3 is 0 Å². The quantitative estimate of drug-likeness (QED) is 0.595. The van der Waals surface area contributed by atoms with Gasteiger partial charge in [-0.25, -0.2) is 0 Å². The first-order valence-electron chi connectivity index (χ1n) is 7.14. The summed E-state index contributed by atoms with van der Waals surface area (Å²) in [5.74, 6) is 1.36. The zero-order valence-corrected chi connectivity index (χ0v) is 13.2. The van der Waals surface area contributed by atoms with Crippen molar-refractivity contribution in [2.24, 2.45) is 0 Å². The van der Waals surface area contributed by atoms with E-state index in [1.54, 1.807) is 7.11 Å². The molecule has 4 nitrogen and oxygen atoms in total. The van der Waals surface area contributed by atoms with Crippen LogP contribution in [0, 0.1) is 0 Å². The molecule has 1 aromatic carbocycles. The number of methoxy groups -OCH3 is 1. The van der Waals surface area contributed by atoms with Crippen LogP contribution in [-0.4, -0.2) is 24.4 Å². The van der Waals surface area contributed by atoms with Gasteiger partial charge in [-0.3, -0.25) is 5.32 Å². The Labute approximate surface area is 122 Å². The first-order valence-corrected chi connectivity index (χ1v) is 7.14. The molecule has 2 N–H and O–H groups in total. The first kappa shape index (κ1) is 16.8. The van der Waals surface area contributed by atoms with Crippen molar-refractivity contribution in [3.63, 3.8) is 0 Å². The average molecular weight is 281 g/mol. The third kappa shape index (κ3) is 5.39. The van der Waals surface area contributed by atoms with Crippen LogP contribution in [0.5, 0.6) is 11.5 Å². The van der Waals surface area contributed by atoms with Gasteiger partial charge in [0.2, 0.25) is 0 Å². The second-order valence-corrected chi connectivity index (χ2v) is 5.91. The predicted molar refractivity (Wildman–Crippen MR) is 81.2 cm³/mol. The summed E-state index contributed by atoms with van der Waals surface area (Å²) in [6.07, 6.45) is 1.38. The molecule has 4 heteroatoms. The van der Waals surface area contributed by atoms with E-state index in [-0.39, 0.29) is 5.54 Å².